The van der Waals surface area contributed by atoms with Crippen molar-refractivity contribution >= 4 is 16.2 Å². The van der Waals surface area contributed by atoms with Crippen molar-refractivity contribution in [3.63, 3.8) is 0 Å². The van der Waals surface area contributed by atoms with E-state index in [0.717, 1.165) is 17.1 Å². The molecule has 0 fully saturated rings. The number of allylic oxidation sites excluding steroid dienone is 4. The second kappa shape index (κ2) is 15.7. The van der Waals surface area contributed by atoms with Gasteiger partial charge in [0.15, 0.2) is 0 Å². The second-order valence-electron chi connectivity index (χ2n) is 8.23. The Kier molecular flexibility index (Phi) is 15.2. The summed E-state index contributed by atoms with van der Waals surface area (Å²) in [5.41, 5.74) is 6.77. The normalized spacial score (nSPS) is 13.9. The maximum absolute atomic E-state index is 5.33. The van der Waals surface area contributed by atoms with Crippen LogP contribution < -0.4 is 34.3 Å². The second-order valence-corrected chi connectivity index (χ2v) is 17.6. The Labute approximate surface area is 233 Å². The van der Waals surface area contributed by atoms with Crippen molar-refractivity contribution in [3.8, 4) is 22.6 Å². The van der Waals surface area contributed by atoms with Crippen LogP contribution in [0.2, 0.25) is 13.1 Å². The van der Waals surface area contributed by atoms with Gasteiger partial charge in [-0.25, -0.2) is 5.57 Å². The third kappa shape index (κ3) is 9.11. The molecule has 3 aromatic rings. The predicted octanol–water partition coefficient (Wildman–Crippen LogP) is 1.76. The fourth-order valence-corrected chi connectivity index (χ4v) is 3.53. The van der Waals surface area contributed by atoms with E-state index < -0.39 is 0 Å². The third-order valence-corrected chi connectivity index (χ3v) is 5.58. The molecule has 3 aromatic carbocycles. The molecule has 0 N–H and O–H groups in total. The summed E-state index contributed by atoms with van der Waals surface area (Å²) >= 11 is 1.74. The molecular weight excluding hydrogens is 559 g/mol. The molecule has 0 saturated carbocycles. The number of hydrogen-bond acceptors (Lipinski definition) is 2. The smallest absolute Gasteiger partial charge is 1.00 e. The molecule has 1 aliphatic carbocycles. The molecule has 1 atom stereocenters. The van der Waals surface area contributed by atoms with Gasteiger partial charge in [0.2, 0.25) is 0 Å². The molecule has 0 saturated heterocycles. The zero-order valence-electron chi connectivity index (χ0n) is 21.3. The van der Waals surface area contributed by atoms with Crippen LogP contribution in [0, 0.1) is 12.0 Å². The van der Waals surface area contributed by atoms with Crippen molar-refractivity contribution in [1.82, 2.24) is 0 Å². The van der Waals surface area contributed by atoms with Gasteiger partial charge < -0.3 is 34.3 Å². The maximum atomic E-state index is 5.33. The van der Waals surface area contributed by atoms with Gasteiger partial charge in [0.25, 0.3) is 0 Å². The van der Waals surface area contributed by atoms with E-state index in [2.05, 4.69) is 83.3 Å². The molecule has 2 nitrogen and oxygen atoms in total. The fraction of sp³-hybridized carbons (Fsp3) is 0.321. The Morgan fingerprint density at radius 3 is 1.88 bits per heavy atom. The summed E-state index contributed by atoms with van der Waals surface area (Å²) in [6.45, 7) is 13.3. The summed E-state index contributed by atoms with van der Waals surface area (Å²) < 4.78 is 10.7. The number of rotatable bonds is 3. The van der Waals surface area contributed by atoms with Crippen LogP contribution in [0.1, 0.15) is 27.7 Å². The van der Waals surface area contributed by atoms with Crippen LogP contribution in [-0.2, 0) is 23.3 Å². The van der Waals surface area contributed by atoms with E-state index in [1.165, 1.54) is 33.1 Å². The van der Waals surface area contributed by atoms with E-state index >= 15 is 0 Å². The molecule has 182 valence electrons. The van der Waals surface area contributed by atoms with E-state index in [1.807, 2.05) is 18.2 Å². The van der Waals surface area contributed by atoms with Crippen LogP contribution in [0.15, 0.2) is 71.3 Å². The van der Waals surface area contributed by atoms with E-state index in [4.69, 9.17) is 9.47 Å². The quantitative estimate of drug-likeness (QED) is 0.341. The van der Waals surface area contributed by atoms with Gasteiger partial charge in [0, 0.05) is 6.07 Å². The molecule has 0 aromatic heterocycles. The van der Waals surface area contributed by atoms with Crippen molar-refractivity contribution in [1.29, 1.82) is 0 Å². The van der Waals surface area contributed by atoms with Crippen LogP contribution in [-0.4, -0.2) is 19.7 Å². The number of halogens is 2. The molecule has 0 amide bonds. The van der Waals surface area contributed by atoms with Crippen molar-refractivity contribution in [2.45, 2.75) is 40.8 Å². The average molecular weight is 593 g/mol. The van der Waals surface area contributed by atoms with E-state index in [1.54, 1.807) is 37.6 Å². The molecule has 1 unspecified atom stereocenters. The minimum absolute atomic E-state index is 0. The van der Waals surface area contributed by atoms with Crippen LogP contribution in [0.5, 0.6) is 11.5 Å². The average Bonchev–Trinajstić information content (AvgIpc) is 3.30. The molecule has 0 spiro atoms. The minimum Gasteiger partial charge on any atom is -1.00 e. The van der Waals surface area contributed by atoms with E-state index in [-0.39, 0.29) is 30.2 Å². The topological polar surface area (TPSA) is 18.5 Å². The van der Waals surface area contributed by atoms with Gasteiger partial charge in [-0.3, -0.25) is 6.08 Å². The first-order valence-corrected chi connectivity index (χ1v) is 17.0. The zero-order chi connectivity index (χ0) is 23.8. The number of ether oxygens (including phenoxy) is 2. The Balaban J connectivity index is 0.000000614. The summed E-state index contributed by atoms with van der Waals surface area (Å²) in [4.78, 5) is 0. The summed E-state index contributed by atoms with van der Waals surface area (Å²) in [5, 5.41) is 2.50. The van der Waals surface area contributed by atoms with Crippen LogP contribution in [0.3, 0.4) is 0 Å². The standard InChI is InChI=1S/C17H15O2.C9H13.C2H6Si.2ClH.Zr/c1-18-14-9-13(10-15(11-14)19-2)17-8-7-12-5-3-4-6-16(12)17;1-6-5-7(2)9(4)8(6)3;1-3-2;;;/h3-11H,1-2H3;6H,1-4H3;1-2H3;2*1H;/q2*-1;;;;+2/p-2. The van der Waals surface area contributed by atoms with Crippen molar-refractivity contribution in [2.24, 2.45) is 5.92 Å². The van der Waals surface area contributed by atoms with Crippen molar-refractivity contribution in [3.05, 3.63) is 77.4 Å². The first kappa shape index (κ1) is 32.8. The molecule has 0 heterocycles. The molecule has 0 bridgehead atoms. The maximum Gasteiger partial charge on any atom is -1.00 e. The van der Waals surface area contributed by atoms with Gasteiger partial charge >= 0.3 is 41.9 Å². The number of hydrogen-bond donors (Lipinski definition) is 0. The van der Waals surface area contributed by atoms with E-state index in [0.29, 0.717) is 5.92 Å². The number of fused-ring (bicyclic) bond motifs is 1. The fourth-order valence-electron chi connectivity index (χ4n) is 3.53. The molecule has 0 radical (unpaired) electrons. The zero-order valence-corrected chi connectivity index (χ0v) is 26.3. The van der Waals surface area contributed by atoms with Gasteiger partial charge in [-0.05, 0) is 12.1 Å². The van der Waals surface area contributed by atoms with Gasteiger partial charge in [-0.2, -0.15) is 11.1 Å². The van der Waals surface area contributed by atoms with Crippen LogP contribution in [0.25, 0.3) is 21.9 Å². The summed E-state index contributed by atoms with van der Waals surface area (Å²) in [7, 11) is 3.34. The largest absolute Gasteiger partial charge is 1.00 e. The molecule has 6 heteroatoms. The Hall–Kier alpha value is -1.19. The SMILES string of the molecule is CC1=[C-]C(C)C(C)=C1C.COc1cc(OC)cc(-c2c[cH-]c3ccccc23)c1.C[Si](C)=[Zr+2].[Cl-].[Cl-]. The Morgan fingerprint density at radius 2 is 1.47 bits per heavy atom. The molecule has 34 heavy (non-hydrogen) atoms. The molecule has 4 rings (SSSR count). The number of methoxy groups -OCH3 is 2. The monoisotopic (exact) mass is 590 g/mol. The van der Waals surface area contributed by atoms with Crippen LogP contribution in [0.4, 0.5) is 0 Å². The van der Waals surface area contributed by atoms with Gasteiger partial charge in [0.1, 0.15) is 11.5 Å². The summed E-state index contributed by atoms with van der Waals surface area (Å²) in [5.74, 6) is 2.17. The van der Waals surface area contributed by atoms with Gasteiger partial charge in [-0.15, -0.1) is 53.6 Å². The first-order valence-electron chi connectivity index (χ1n) is 10.8. The summed E-state index contributed by atoms with van der Waals surface area (Å²) in [6, 6.07) is 18.6. The van der Waals surface area contributed by atoms with Gasteiger partial charge in [-0.1, -0.05) is 38.3 Å². The van der Waals surface area contributed by atoms with Crippen LogP contribution >= 0.6 is 0 Å². The molecular formula is C28H34Cl2O2SiZr-2. The van der Waals surface area contributed by atoms with Gasteiger partial charge in [0.05, 0.1) is 14.2 Å². The minimum atomic E-state index is 0. The predicted molar refractivity (Wildman–Crippen MR) is 136 cm³/mol. The molecule has 0 aliphatic heterocycles. The summed E-state index contributed by atoms with van der Waals surface area (Å²) in [6.07, 6.45) is 3.36. The van der Waals surface area contributed by atoms with Crippen molar-refractivity contribution < 1.29 is 57.6 Å². The molecule has 1 aliphatic rings. The van der Waals surface area contributed by atoms with Crippen molar-refractivity contribution in [2.75, 3.05) is 14.2 Å². The number of benzene rings is 2. The Morgan fingerprint density at radius 1 is 0.941 bits per heavy atom. The Bertz CT molecular complexity index is 1120. The van der Waals surface area contributed by atoms with E-state index in [9.17, 15) is 0 Å². The first-order chi connectivity index (χ1) is 15.2. The third-order valence-electron chi connectivity index (χ3n) is 5.58.